The van der Waals surface area contributed by atoms with Gasteiger partial charge in [-0.3, -0.25) is 4.79 Å². The number of rotatable bonds is 6. The highest BCUT2D eigenvalue weighted by molar-refractivity contribution is 5.79. The number of nitrogens with zero attached hydrogens (tertiary/aromatic N) is 3. The number of hydrogen-bond acceptors (Lipinski definition) is 5. The Morgan fingerprint density at radius 2 is 2.00 bits per heavy atom. The van der Waals surface area contributed by atoms with E-state index in [9.17, 15) is 4.79 Å². The maximum atomic E-state index is 12.9. The van der Waals surface area contributed by atoms with Crippen molar-refractivity contribution in [2.24, 2.45) is 5.92 Å². The summed E-state index contributed by atoms with van der Waals surface area (Å²) in [6, 6.07) is 15.7. The molecule has 1 amide bonds. The van der Waals surface area contributed by atoms with Gasteiger partial charge >= 0.3 is 0 Å². The van der Waals surface area contributed by atoms with Crippen molar-refractivity contribution in [2.75, 3.05) is 20.2 Å². The largest absolute Gasteiger partial charge is 0.496 e. The predicted molar refractivity (Wildman–Crippen MR) is 114 cm³/mol. The van der Waals surface area contributed by atoms with Gasteiger partial charge in [-0.1, -0.05) is 47.6 Å². The van der Waals surface area contributed by atoms with E-state index in [4.69, 9.17) is 9.26 Å². The number of para-hydroxylation sites is 1. The molecule has 156 valence electrons. The molecule has 0 spiro atoms. The lowest BCUT2D eigenvalue weighted by Crippen LogP contribution is -2.41. The number of hydrogen-bond donors (Lipinski definition) is 0. The lowest BCUT2D eigenvalue weighted by molar-refractivity contribution is -0.132. The molecule has 1 aliphatic heterocycles. The number of amides is 1. The monoisotopic (exact) mass is 405 g/mol. The van der Waals surface area contributed by atoms with Crippen LogP contribution in [0.1, 0.15) is 29.9 Å². The van der Waals surface area contributed by atoms with E-state index in [-0.39, 0.29) is 5.91 Å². The normalized spacial score (nSPS) is 16.5. The molecule has 0 aliphatic carbocycles. The second-order valence-corrected chi connectivity index (χ2v) is 7.87. The fourth-order valence-corrected chi connectivity index (χ4v) is 4.10. The number of carbonyl (C=O) groups excluding carboxylic acids is 1. The molecule has 0 bridgehead atoms. The number of likely N-dealkylation sites (tertiary alicyclic amines) is 1. The molecule has 6 nitrogen and oxygen atoms in total. The van der Waals surface area contributed by atoms with E-state index in [0.717, 1.165) is 48.4 Å². The van der Waals surface area contributed by atoms with Crippen LogP contribution in [0.3, 0.4) is 0 Å². The van der Waals surface area contributed by atoms with Crippen molar-refractivity contribution >= 4 is 5.91 Å². The van der Waals surface area contributed by atoms with E-state index in [1.807, 2.05) is 60.4 Å². The molecule has 1 aromatic heterocycles. The second kappa shape index (κ2) is 9.11. The van der Waals surface area contributed by atoms with Crippen molar-refractivity contribution in [1.82, 2.24) is 15.0 Å². The van der Waals surface area contributed by atoms with E-state index in [1.54, 1.807) is 7.11 Å². The first-order chi connectivity index (χ1) is 14.6. The molecular weight excluding hydrogens is 378 g/mol. The third-order valence-electron chi connectivity index (χ3n) is 5.72. The van der Waals surface area contributed by atoms with Gasteiger partial charge in [0.25, 0.3) is 0 Å². The molecule has 1 atom stereocenters. The van der Waals surface area contributed by atoms with Gasteiger partial charge < -0.3 is 14.2 Å². The van der Waals surface area contributed by atoms with Crippen LogP contribution < -0.4 is 4.74 Å². The smallest absolute Gasteiger partial charge is 0.227 e. The summed E-state index contributed by atoms with van der Waals surface area (Å²) >= 11 is 0. The highest BCUT2D eigenvalue weighted by atomic mass is 16.5. The molecule has 0 saturated carbocycles. The summed E-state index contributed by atoms with van der Waals surface area (Å²) in [6.45, 7) is 3.55. The number of piperidine rings is 1. The van der Waals surface area contributed by atoms with Crippen LogP contribution >= 0.6 is 0 Å². The molecule has 6 heteroatoms. The average Bonchev–Trinajstić information content (AvgIpc) is 3.22. The molecule has 1 fully saturated rings. The minimum absolute atomic E-state index is 0.135. The Morgan fingerprint density at radius 3 is 2.83 bits per heavy atom. The summed E-state index contributed by atoms with van der Waals surface area (Å²) in [5.74, 6) is 2.48. The standard InChI is InChI=1S/C24H27N3O3/c1-17-8-3-5-11-20(17)24-25-22(30-26-24)14-18-9-7-13-27(16-18)23(28)15-19-10-4-6-12-21(19)29-2/h3-6,8,10-12,18H,7,9,13-16H2,1-2H3. The van der Waals surface area contributed by atoms with Gasteiger partial charge in [0.1, 0.15) is 5.75 Å². The number of aryl methyl sites for hydroxylation is 1. The van der Waals surface area contributed by atoms with Gasteiger partial charge in [0.05, 0.1) is 13.5 Å². The van der Waals surface area contributed by atoms with Gasteiger partial charge in [0, 0.05) is 30.6 Å². The molecule has 2 heterocycles. The Balaban J connectivity index is 1.39. The van der Waals surface area contributed by atoms with Crippen LogP contribution in [0.5, 0.6) is 5.75 Å². The van der Waals surface area contributed by atoms with Gasteiger partial charge in [0.2, 0.25) is 17.6 Å². The molecule has 4 rings (SSSR count). The molecule has 3 aromatic rings. The van der Waals surface area contributed by atoms with Crippen molar-refractivity contribution in [2.45, 2.75) is 32.6 Å². The van der Waals surface area contributed by atoms with Gasteiger partial charge in [-0.25, -0.2) is 0 Å². The van der Waals surface area contributed by atoms with Gasteiger partial charge in [-0.15, -0.1) is 0 Å². The SMILES string of the molecule is COc1ccccc1CC(=O)N1CCCC(Cc2nc(-c3ccccc3C)no2)C1. The average molecular weight is 405 g/mol. The van der Waals surface area contributed by atoms with Gasteiger partial charge in [0.15, 0.2) is 0 Å². The summed E-state index contributed by atoms with van der Waals surface area (Å²) in [5, 5.41) is 4.16. The summed E-state index contributed by atoms with van der Waals surface area (Å²) < 4.78 is 10.9. The topological polar surface area (TPSA) is 68.5 Å². The van der Waals surface area contributed by atoms with Crippen LogP contribution in [-0.2, 0) is 17.6 Å². The molecule has 0 radical (unpaired) electrons. The summed E-state index contributed by atoms with van der Waals surface area (Å²) in [6.07, 6.45) is 3.09. The summed E-state index contributed by atoms with van der Waals surface area (Å²) in [5.41, 5.74) is 3.03. The van der Waals surface area contributed by atoms with Crippen molar-refractivity contribution < 1.29 is 14.1 Å². The summed E-state index contributed by atoms with van der Waals surface area (Å²) in [4.78, 5) is 19.4. The number of ether oxygens (including phenoxy) is 1. The number of benzene rings is 2. The van der Waals surface area contributed by atoms with Crippen LogP contribution in [-0.4, -0.2) is 41.1 Å². The van der Waals surface area contributed by atoms with Crippen molar-refractivity contribution in [1.29, 1.82) is 0 Å². The second-order valence-electron chi connectivity index (χ2n) is 7.87. The maximum Gasteiger partial charge on any atom is 0.227 e. The molecule has 1 aliphatic rings. The van der Waals surface area contributed by atoms with E-state index in [0.29, 0.717) is 30.5 Å². The molecular formula is C24H27N3O3. The van der Waals surface area contributed by atoms with E-state index in [2.05, 4.69) is 10.1 Å². The first kappa shape index (κ1) is 20.1. The Kier molecular flexibility index (Phi) is 6.12. The number of carbonyl (C=O) groups is 1. The highest BCUT2D eigenvalue weighted by Crippen LogP contribution is 2.25. The van der Waals surface area contributed by atoms with Crippen molar-refractivity contribution in [3.8, 4) is 17.1 Å². The van der Waals surface area contributed by atoms with Gasteiger partial charge in [-0.2, -0.15) is 4.98 Å². The number of methoxy groups -OCH3 is 1. The lowest BCUT2D eigenvalue weighted by Gasteiger charge is -2.32. The van der Waals surface area contributed by atoms with Crippen LogP contribution in [0.4, 0.5) is 0 Å². The van der Waals surface area contributed by atoms with Crippen molar-refractivity contribution in [3.63, 3.8) is 0 Å². The lowest BCUT2D eigenvalue weighted by atomic mass is 9.94. The fraction of sp³-hybridized carbons (Fsp3) is 0.375. The molecule has 1 saturated heterocycles. The van der Waals surface area contributed by atoms with E-state index < -0.39 is 0 Å². The quantitative estimate of drug-likeness (QED) is 0.618. The Labute approximate surface area is 176 Å². The van der Waals surface area contributed by atoms with Crippen LogP contribution in [0, 0.1) is 12.8 Å². The molecule has 2 aromatic carbocycles. The molecule has 30 heavy (non-hydrogen) atoms. The number of aromatic nitrogens is 2. The maximum absolute atomic E-state index is 12.9. The zero-order valence-corrected chi connectivity index (χ0v) is 17.5. The highest BCUT2D eigenvalue weighted by Gasteiger charge is 2.26. The zero-order chi connectivity index (χ0) is 20.9. The van der Waals surface area contributed by atoms with Crippen LogP contribution in [0.2, 0.25) is 0 Å². The van der Waals surface area contributed by atoms with Crippen LogP contribution in [0.15, 0.2) is 53.1 Å². The third kappa shape index (κ3) is 4.53. The van der Waals surface area contributed by atoms with Crippen LogP contribution in [0.25, 0.3) is 11.4 Å². The third-order valence-corrected chi connectivity index (χ3v) is 5.72. The molecule has 0 N–H and O–H groups in total. The Hall–Kier alpha value is -3.15. The Morgan fingerprint density at radius 1 is 1.20 bits per heavy atom. The Bertz CT molecular complexity index is 1010. The zero-order valence-electron chi connectivity index (χ0n) is 17.5. The summed E-state index contributed by atoms with van der Waals surface area (Å²) in [7, 11) is 1.63. The van der Waals surface area contributed by atoms with Crippen molar-refractivity contribution in [3.05, 3.63) is 65.5 Å². The fourth-order valence-electron chi connectivity index (χ4n) is 4.10. The predicted octanol–water partition coefficient (Wildman–Crippen LogP) is 4.08. The van der Waals surface area contributed by atoms with E-state index in [1.165, 1.54) is 0 Å². The minimum Gasteiger partial charge on any atom is -0.496 e. The first-order valence-corrected chi connectivity index (χ1v) is 10.4. The first-order valence-electron chi connectivity index (χ1n) is 10.4. The van der Waals surface area contributed by atoms with E-state index >= 15 is 0 Å². The van der Waals surface area contributed by atoms with Gasteiger partial charge in [-0.05, 0) is 37.3 Å². The molecule has 1 unspecified atom stereocenters. The minimum atomic E-state index is 0.135.